The number of benzene rings is 2. The van der Waals surface area contributed by atoms with Crippen LogP contribution in [-0.4, -0.2) is 60.4 Å². The highest BCUT2D eigenvalue weighted by Crippen LogP contribution is 2.29. The van der Waals surface area contributed by atoms with Gasteiger partial charge in [-0.25, -0.2) is 8.42 Å². The third kappa shape index (κ3) is 6.97. The zero-order valence-corrected chi connectivity index (χ0v) is 18.6. The lowest BCUT2D eigenvalue weighted by molar-refractivity contribution is -0.114. The molecule has 0 heterocycles. The Balaban J connectivity index is 2.18. The van der Waals surface area contributed by atoms with E-state index in [9.17, 15) is 18.0 Å². The van der Waals surface area contributed by atoms with Crippen molar-refractivity contribution in [1.29, 1.82) is 0 Å². The van der Waals surface area contributed by atoms with E-state index in [1.807, 2.05) is 0 Å². The number of anilines is 2. The number of hydrogen-bond acceptors (Lipinski definition) is 6. The van der Waals surface area contributed by atoms with Gasteiger partial charge < -0.3 is 20.1 Å². The van der Waals surface area contributed by atoms with Gasteiger partial charge in [-0.2, -0.15) is 0 Å². The number of nitrogens with one attached hydrogen (secondary N) is 2. The molecule has 10 heteroatoms. The van der Waals surface area contributed by atoms with Crippen molar-refractivity contribution in [3.05, 3.63) is 54.1 Å². The van der Waals surface area contributed by atoms with Crippen LogP contribution in [0.5, 0.6) is 5.75 Å². The number of hydrogen-bond donors (Lipinski definition) is 2. The molecule has 2 rings (SSSR count). The maximum atomic E-state index is 12.7. The Morgan fingerprint density at radius 3 is 2.39 bits per heavy atom. The summed E-state index contributed by atoms with van der Waals surface area (Å²) in [6, 6.07) is 13.0. The number of rotatable bonds is 11. The van der Waals surface area contributed by atoms with Crippen LogP contribution in [-0.2, 0) is 19.6 Å². The lowest BCUT2D eigenvalue weighted by atomic mass is 10.1. The van der Waals surface area contributed by atoms with Crippen LogP contribution in [0.3, 0.4) is 0 Å². The summed E-state index contributed by atoms with van der Waals surface area (Å²) in [7, 11) is -0.782. The van der Waals surface area contributed by atoms with E-state index < -0.39 is 22.5 Å². The zero-order chi connectivity index (χ0) is 22.9. The first-order valence-electron chi connectivity index (χ1n) is 9.54. The third-order valence-corrected chi connectivity index (χ3v) is 5.42. The molecule has 2 N–H and O–H groups in total. The van der Waals surface area contributed by atoms with Crippen molar-refractivity contribution in [1.82, 2.24) is 5.32 Å². The summed E-state index contributed by atoms with van der Waals surface area (Å²) in [5.74, 6) is -0.635. The fourth-order valence-corrected chi connectivity index (χ4v) is 3.70. The van der Waals surface area contributed by atoms with Crippen LogP contribution >= 0.6 is 0 Å². The number of amides is 2. The number of methoxy groups -OCH3 is 2. The third-order valence-electron chi connectivity index (χ3n) is 4.30. The Morgan fingerprint density at radius 1 is 1.03 bits per heavy atom. The Kier molecular flexibility index (Phi) is 8.83. The average Bonchev–Trinajstić information content (AvgIpc) is 2.74. The van der Waals surface area contributed by atoms with E-state index in [0.29, 0.717) is 25.3 Å². The number of nitrogens with zero attached hydrogens (tertiary/aromatic N) is 1. The first-order chi connectivity index (χ1) is 14.8. The molecular weight excluding hydrogens is 422 g/mol. The minimum atomic E-state index is -3.78. The molecule has 0 fully saturated rings. The normalized spacial score (nSPS) is 10.9. The Morgan fingerprint density at radius 2 is 1.71 bits per heavy atom. The molecule has 2 aromatic carbocycles. The predicted octanol–water partition coefficient (Wildman–Crippen LogP) is 1.87. The SMILES string of the molecule is COCCCNC(=O)c1ccccc1NC(=O)CN(c1ccccc1OC)S(C)(=O)=O. The topological polar surface area (TPSA) is 114 Å². The average molecular weight is 450 g/mol. The monoisotopic (exact) mass is 449 g/mol. The van der Waals surface area contributed by atoms with Crippen LogP contribution in [0.15, 0.2) is 48.5 Å². The van der Waals surface area contributed by atoms with Crippen molar-refractivity contribution < 1.29 is 27.5 Å². The van der Waals surface area contributed by atoms with Crippen LogP contribution < -0.4 is 19.7 Å². The number of ether oxygens (including phenoxy) is 2. The molecule has 168 valence electrons. The maximum absolute atomic E-state index is 12.7. The van der Waals surface area contributed by atoms with Gasteiger partial charge in [0.2, 0.25) is 15.9 Å². The molecule has 0 aromatic heterocycles. The molecule has 0 saturated carbocycles. The molecule has 2 amide bonds. The smallest absolute Gasteiger partial charge is 0.253 e. The van der Waals surface area contributed by atoms with Crippen LogP contribution in [0.25, 0.3) is 0 Å². The van der Waals surface area contributed by atoms with E-state index in [4.69, 9.17) is 9.47 Å². The van der Waals surface area contributed by atoms with Gasteiger partial charge in [0.25, 0.3) is 5.91 Å². The van der Waals surface area contributed by atoms with E-state index in [2.05, 4.69) is 10.6 Å². The van der Waals surface area contributed by atoms with Crippen molar-refractivity contribution in [3.8, 4) is 5.75 Å². The van der Waals surface area contributed by atoms with E-state index in [1.54, 1.807) is 55.6 Å². The van der Waals surface area contributed by atoms with E-state index in [-0.39, 0.29) is 22.8 Å². The summed E-state index contributed by atoms with van der Waals surface area (Å²) in [5.41, 5.74) is 0.800. The molecule has 2 aromatic rings. The van der Waals surface area contributed by atoms with Gasteiger partial charge >= 0.3 is 0 Å². The highest BCUT2D eigenvalue weighted by Gasteiger charge is 2.24. The molecule has 0 aliphatic heterocycles. The van der Waals surface area contributed by atoms with Gasteiger partial charge in [-0.1, -0.05) is 24.3 Å². The van der Waals surface area contributed by atoms with Crippen molar-refractivity contribution in [3.63, 3.8) is 0 Å². The van der Waals surface area contributed by atoms with Crippen molar-refractivity contribution >= 4 is 33.2 Å². The van der Waals surface area contributed by atoms with E-state index in [0.717, 1.165) is 10.6 Å². The summed E-state index contributed by atoms with van der Waals surface area (Å²) in [6.45, 7) is 0.455. The fraction of sp³-hybridized carbons (Fsp3) is 0.333. The van der Waals surface area contributed by atoms with Gasteiger partial charge in [0, 0.05) is 20.3 Å². The van der Waals surface area contributed by atoms with Crippen LogP contribution in [0.2, 0.25) is 0 Å². The molecule has 31 heavy (non-hydrogen) atoms. The molecule has 0 unspecified atom stereocenters. The number of carbonyl (C=O) groups excluding carboxylic acids is 2. The quantitative estimate of drug-likeness (QED) is 0.506. The second-order valence-corrected chi connectivity index (χ2v) is 8.54. The lowest BCUT2D eigenvalue weighted by Crippen LogP contribution is -2.38. The number of para-hydroxylation sites is 3. The van der Waals surface area contributed by atoms with Crippen molar-refractivity contribution in [2.45, 2.75) is 6.42 Å². The molecule has 0 radical (unpaired) electrons. The van der Waals surface area contributed by atoms with Crippen molar-refractivity contribution in [2.24, 2.45) is 0 Å². The minimum Gasteiger partial charge on any atom is -0.495 e. The summed E-state index contributed by atoms with van der Waals surface area (Å²) >= 11 is 0. The van der Waals surface area contributed by atoms with Gasteiger partial charge in [0.15, 0.2) is 0 Å². The second-order valence-electron chi connectivity index (χ2n) is 6.64. The van der Waals surface area contributed by atoms with Gasteiger partial charge in [-0.15, -0.1) is 0 Å². The molecule has 0 bridgehead atoms. The summed E-state index contributed by atoms with van der Waals surface area (Å²) in [5, 5.41) is 5.39. The van der Waals surface area contributed by atoms with E-state index >= 15 is 0 Å². The first-order valence-corrected chi connectivity index (χ1v) is 11.4. The molecule has 0 aliphatic carbocycles. The van der Waals surface area contributed by atoms with Gasteiger partial charge in [0.1, 0.15) is 12.3 Å². The molecule has 9 nitrogen and oxygen atoms in total. The van der Waals surface area contributed by atoms with Crippen LogP contribution in [0.1, 0.15) is 16.8 Å². The van der Waals surface area contributed by atoms with Gasteiger partial charge in [0.05, 0.1) is 30.3 Å². The second kappa shape index (κ2) is 11.3. The molecule has 0 spiro atoms. The van der Waals surface area contributed by atoms with Crippen molar-refractivity contribution in [2.75, 3.05) is 49.8 Å². The van der Waals surface area contributed by atoms with Gasteiger partial charge in [-0.3, -0.25) is 13.9 Å². The standard InChI is InChI=1S/C21H27N3O6S/c1-29-14-8-13-22-21(26)16-9-4-5-10-17(16)23-20(25)15-24(31(3,27)28)18-11-6-7-12-19(18)30-2/h4-7,9-12H,8,13-15H2,1-3H3,(H,22,26)(H,23,25). The summed E-state index contributed by atoms with van der Waals surface area (Å²) < 4.78 is 35.8. The number of carbonyl (C=O) groups is 2. The first kappa shape index (κ1) is 24.2. The Bertz CT molecular complexity index is 1010. The highest BCUT2D eigenvalue weighted by molar-refractivity contribution is 7.92. The fourth-order valence-electron chi connectivity index (χ4n) is 2.84. The van der Waals surface area contributed by atoms with Crippen LogP contribution in [0, 0.1) is 0 Å². The highest BCUT2D eigenvalue weighted by atomic mass is 32.2. The number of sulfonamides is 1. The molecular formula is C21H27N3O6S. The zero-order valence-electron chi connectivity index (χ0n) is 17.8. The van der Waals surface area contributed by atoms with Gasteiger partial charge in [-0.05, 0) is 30.7 Å². The predicted molar refractivity (Wildman–Crippen MR) is 119 cm³/mol. The summed E-state index contributed by atoms with van der Waals surface area (Å²) in [4.78, 5) is 25.2. The molecule has 0 saturated heterocycles. The van der Waals surface area contributed by atoms with E-state index in [1.165, 1.54) is 7.11 Å². The molecule has 0 atom stereocenters. The largest absolute Gasteiger partial charge is 0.495 e. The summed E-state index contributed by atoms with van der Waals surface area (Å²) in [6.07, 6.45) is 1.66. The minimum absolute atomic E-state index is 0.242. The Hall–Kier alpha value is -3.11. The Labute approximate surface area is 182 Å². The maximum Gasteiger partial charge on any atom is 0.253 e. The van der Waals surface area contributed by atoms with Crippen LogP contribution in [0.4, 0.5) is 11.4 Å². The lowest BCUT2D eigenvalue weighted by Gasteiger charge is -2.23. The molecule has 0 aliphatic rings.